The van der Waals surface area contributed by atoms with Gasteiger partial charge >= 0.3 is 23.9 Å². The first-order chi connectivity index (χ1) is 11.2. The fourth-order valence-corrected chi connectivity index (χ4v) is 2.41. The normalized spacial score (nSPS) is 14.3. The smallest absolute Gasteiger partial charge is 0.324 e. The third kappa shape index (κ3) is 6.67. The first-order valence-electron chi connectivity index (χ1n) is 7.58. The Balaban J connectivity index is 5.51. The molecule has 0 fully saturated rings. The van der Waals surface area contributed by atoms with Crippen LogP contribution in [0, 0.1) is 5.41 Å². The number of carboxylic acid groups (broad SMARTS) is 4. The minimum Gasteiger partial charge on any atom is -0.480 e. The molecule has 0 aromatic rings. The van der Waals surface area contributed by atoms with Crippen LogP contribution in [0.2, 0.25) is 0 Å². The van der Waals surface area contributed by atoms with Crippen molar-refractivity contribution in [1.82, 2.24) is 9.80 Å². The van der Waals surface area contributed by atoms with E-state index in [9.17, 15) is 24.3 Å². The summed E-state index contributed by atoms with van der Waals surface area (Å²) < 4.78 is 0. The quantitative estimate of drug-likeness (QED) is 0.386. The maximum absolute atomic E-state index is 11.9. The minimum atomic E-state index is -1.55. The Morgan fingerprint density at radius 2 is 1.12 bits per heavy atom. The van der Waals surface area contributed by atoms with Crippen molar-refractivity contribution in [2.45, 2.75) is 33.2 Å². The van der Waals surface area contributed by atoms with Gasteiger partial charge in [-0.05, 0) is 12.3 Å². The summed E-state index contributed by atoms with van der Waals surface area (Å²) in [7, 11) is 0. The third-order valence-electron chi connectivity index (χ3n) is 4.24. The van der Waals surface area contributed by atoms with Crippen molar-refractivity contribution in [3.05, 3.63) is 0 Å². The molecule has 0 aromatic heterocycles. The molecule has 0 spiro atoms. The monoisotopic (exact) mass is 362 g/mol. The Hall–Kier alpha value is -2.20. The van der Waals surface area contributed by atoms with Gasteiger partial charge < -0.3 is 20.4 Å². The van der Waals surface area contributed by atoms with Crippen molar-refractivity contribution >= 4 is 23.9 Å². The van der Waals surface area contributed by atoms with Crippen LogP contribution in [0.3, 0.4) is 0 Å². The van der Waals surface area contributed by atoms with E-state index in [1.165, 1.54) is 11.8 Å². The topological polar surface area (TPSA) is 156 Å². The molecule has 0 aromatic carbocycles. The maximum atomic E-state index is 11.9. The number of carboxylic acids is 4. The Labute approximate surface area is 145 Å². The van der Waals surface area contributed by atoms with E-state index < -0.39 is 54.5 Å². The second kappa shape index (κ2) is 8.77. The highest BCUT2D eigenvalue weighted by Gasteiger charge is 2.49. The third-order valence-corrected chi connectivity index (χ3v) is 4.24. The van der Waals surface area contributed by atoms with Gasteiger partial charge in [-0.25, -0.2) is 0 Å². The molecule has 0 aliphatic rings. The van der Waals surface area contributed by atoms with Gasteiger partial charge in [-0.15, -0.1) is 0 Å². The molecule has 0 aliphatic carbocycles. The molecule has 0 radical (unpaired) electrons. The second-order valence-electron chi connectivity index (χ2n) is 6.94. The van der Waals surface area contributed by atoms with E-state index in [-0.39, 0.29) is 13.1 Å². The Kier molecular flexibility index (Phi) is 8.00. The van der Waals surface area contributed by atoms with Gasteiger partial charge in [-0.3, -0.25) is 29.0 Å². The van der Waals surface area contributed by atoms with Crippen LogP contribution >= 0.6 is 0 Å². The van der Waals surface area contributed by atoms with Gasteiger partial charge in [0, 0.05) is 13.1 Å². The van der Waals surface area contributed by atoms with Crippen LogP contribution in [-0.2, 0) is 19.2 Å². The summed E-state index contributed by atoms with van der Waals surface area (Å²) in [5.41, 5.74) is -2.39. The summed E-state index contributed by atoms with van der Waals surface area (Å²) in [4.78, 5) is 47.0. The molecule has 0 saturated carbocycles. The molecule has 1 unspecified atom stereocenters. The zero-order valence-corrected chi connectivity index (χ0v) is 14.9. The van der Waals surface area contributed by atoms with E-state index in [1.807, 2.05) is 0 Å². The van der Waals surface area contributed by atoms with E-state index in [4.69, 9.17) is 15.3 Å². The summed E-state index contributed by atoms with van der Waals surface area (Å²) in [5, 5.41) is 36.5. The van der Waals surface area contributed by atoms with Crippen molar-refractivity contribution in [3.63, 3.8) is 0 Å². The zero-order valence-electron chi connectivity index (χ0n) is 14.9. The standard InChI is InChI=1S/C15H26N2O8/c1-14(2,3)15(4,13(24)25)17(9-12(22)23)6-5-16(7-10(18)19)8-11(20)21/h5-9H2,1-4H3,(H,18,19)(H,20,21)(H,22,23)(H,24,25). The summed E-state index contributed by atoms with van der Waals surface area (Å²) in [5.74, 6) is -4.92. The first-order valence-corrected chi connectivity index (χ1v) is 7.58. The predicted octanol–water partition coefficient (Wildman–Crippen LogP) is -0.266. The summed E-state index contributed by atoms with van der Waals surface area (Å²) in [6, 6.07) is 0. The molecular formula is C15H26N2O8. The van der Waals surface area contributed by atoms with Gasteiger partial charge in [0.15, 0.2) is 0 Å². The Bertz CT molecular complexity index is 512. The molecule has 4 N–H and O–H groups in total. The number of hydrogen-bond donors (Lipinski definition) is 4. The van der Waals surface area contributed by atoms with Crippen LogP contribution in [0.15, 0.2) is 0 Å². The van der Waals surface area contributed by atoms with Crippen LogP contribution in [0.5, 0.6) is 0 Å². The van der Waals surface area contributed by atoms with E-state index in [0.29, 0.717) is 0 Å². The number of rotatable bonds is 11. The lowest BCUT2D eigenvalue weighted by Gasteiger charge is -2.46. The molecular weight excluding hydrogens is 336 g/mol. The highest BCUT2D eigenvalue weighted by atomic mass is 16.4. The van der Waals surface area contributed by atoms with E-state index in [0.717, 1.165) is 4.90 Å². The molecule has 1 atom stereocenters. The van der Waals surface area contributed by atoms with Crippen LogP contribution in [-0.4, -0.2) is 92.4 Å². The SMILES string of the molecule is CC(C)(C)C(C)(C(=O)O)N(CCN(CC(=O)O)CC(=O)O)CC(=O)O. The first kappa shape index (κ1) is 22.8. The average Bonchev–Trinajstić information content (AvgIpc) is 2.38. The fourth-order valence-electron chi connectivity index (χ4n) is 2.41. The van der Waals surface area contributed by atoms with Crippen molar-refractivity contribution in [3.8, 4) is 0 Å². The van der Waals surface area contributed by atoms with Crippen LogP contribution in [0.4, 0.5) is 0 Å². The molecule has 0 heterocycles. The zero-order chi connectivity index (χ0) is 20.0. The molecule has 0 amide bonds. The van der Waals surface area contributed by atoms with Crippen LogP contribution in [0.1, 0.15) is 27.7 Å². The van der Waals surface area contributed by atoms with Crippen molar-refractivity contribution in [1.29, 1.82) is 0 Å². The molecule has 144 valence electrons. The molecule has 10 nitrogen and oxygen atoms in total. The van der Waals surface area contributed by atoms with Crippen LogP contribution < -0.4 is 0 Å². The summed E-state index contributed by atoms with van der Waals surface area (Å²) in [6.07, 6.45) is 0. The Morgan fingerprint density at radius 1 is 0.720 bits per heavy atom. The van der Waals surface area contributed by atoms with E-state index in [1.54, 1.807) is 20.8 Å². The number of carbonyl (C=O) groups is 4. The van der Waals surface area contributed by atoms with Crippen molar-refractivity contribution in [2.24, 2.45) is 5.41 Å². The summed E-state index contributed by atoms with van der Waals surface area (Å²) in [6.45, 7) is 4.47. The molecule has 0 rings (SSSR count). The lowest BCUT2D eigenvalue weighted by molar-refractivity contribution is -0.162. The highest BCUT2D eigenvalue weighted by Crippen LogP contribution is 2.35. The number of nitrogens with zero attached hydrogens (tertiary/aromatic N) is 2. The van der Waals surface area contributed by atoms with Gasteiger partial charge in [-0.1, -0.05) is 20.8 Å². The van der Waals surface area contributed by atoms with Gasteiger partial charge in [-0.2, -0.15) is 0 Å². The maximum Gasteiger partial charge on any atom is 0.324 e. The molecule has 0 bridgehead atoms. The van der Waals surface area contributed by atoms with Gasteiger partial charge in [0.25, 0.3) is 0 Å². The van der Waals surface area contributed by atoms with Crippen molar-refractivity contribution < 1.29 is 39.6 Å². The minimum absolute atomic E-state index is 0.106. The Morgan fingerprint density at radius 3 is 1.40 bits per heavy atom. The average molecular weight is 362 g/mol. The van der Waals surface area contributed by atoms with Gasteiger partial charge in [0.1, 0.15) is 5.54 Å². The molecule has 25 heavy (non-hydrogen) atoms. The van der Waals surface area contributed by atoms with Gasteiger partial charge in [0.05, 0.1) is 19.6 Å². The van der Waals surface area contributed by atoms with Crippen LogP contribution in [0.25, 0.3) is 0 Å². The largest absolute Gasteiger partial charge is 0.480 e. The summed E-state index contributed by atoms with van der Waals surface area (Å²) >= 11 is 0. The van der Waals surface area contributed by atoms with E-state index >= 15 is 0 Å². The molecule has 10 heteroatoms. The predicted molar refractivity (Wildman–Crippen MR) is 86.4 cm³/mol. The number of aliphatic carboxylic acids is 4. The fraction of sp³-hybridized carbons (Fsp3) is 0.733. The molecule has 0 aliphatic heterocycles. The van der Waals surface area contributed by atoms with Crippen molar-refractivity contribution in [2.75, 3.05) is 32.7 Å². The van der Waals surface area contributed by atoms with Gasteiger partial charge in [0.2, 0.25) is 0 Å². The second-order valence-corrected chi connectivity index (χ2v) is 6.94. The lowest BCUT2D eigenvalue weighted by Crippen LogP contribution is -2.62. The molecule has 0 saturated heterocycles. The number of hydrogen-bond acceptors (Lipinski definition) is 6. The lowest BCUT2D eigenvalue weighted by atomic mass is 9.73. The van der Waals surface area contributed by atoms with E-state index in [2.05, 4.69) is 0 Å². The highest BCUT2D eigenvalue weighted by molar-refractivity contribution is 5.80.